The number of hydrogen-bond donors (Lipinski definition) is 3. The molecule has 0 saturated carbocycles. The van der Waals surface area contributed by atoms with Crippen LogP contribution in [0.25, 0.3) is 0 Å². The van der Waals surface area contributed by atoms with Gasteiger partial charge in [-0.1, -0.05) is 13.8 Å². The number of hydrogen-bond acceptors (Lipinski definition) is 5. The lowest BCUT2D eigenvalue weighted by Crippen LogP contribution is -2.31. The van der Waals surface area contributed by atoms with Crippen molar-refractivity contribution in [1.29, 1.82) is 0 Å². The largest absolute Gasteiger partial charge is 0.314 e. The van der Waals surface area contributed by atoms with E-state index in [0.29, 0.717) is 37.8 Å². The molecule has 18 heavy (non-hydrogen) atoms. The maximum Gasteiger partial charge on any atom is 0.211 e. The molecule has 0 aromatic carbocycles. The smallest absolute Gasteiger partial charge is 0.211 e. The van der Waals surface area contributed by atoms with Crippen LogP contribution in [0.4, 0.5) is 0 Å². The first kappa shape index (κ1) is 15.1. The molecule has 104 valence electrons. The molecule has 0 bridgehead atoms. The van der Waals surface area contributed by atoms with E-state index in [4.69, 9.17) is 0 Å². The lowest BCUT2D eigenvalue weighted by molar-refractivity contribution is 0.560. The van der Waals surface area contributed by atoms with Crippen molar-refractivity contribution in [2.75, 3.05) is 18.8 Å². The SMILES string of the molecule is CC(C)NCCCS(=O)(=O)NCCc1ncn[nH]1. The standard InChI is InChI=1S/C10H21N5O2S/c1-9(2)11-5-3-7-18(16,17)14-6-4-10-12-8-13-15-10/h8-9,11,14H,3-7H2,1-2H3,(H,12,13,15). The van der Waals surface area contributed by atoms with Gasteiger partial charge in [0, 0.05) is 19.0 Å². The van der Waals surface area contributed by atoms with Crippen LogP contribution in [-0.2, 0) is 16.4 Å². The second-order valence-electron chi connectivity index (χ2n) is 4.36. The van der Waals surface area contributed by atoms with Crippen molar-refractivity contribution in [2.45, 2.75) is 32.7 Å². The fourth-order valence-electron chi connectivity index (χ4n) is 1.40. The van der Waals surface area contributed by atoms with E-state index in [1.807, 2.05) is 13.8 Å². The lowest BCUT2D eigenvalue weighted by Gasteiger charge is -2.08. The molecule has 0 amide bonds. The van der Waals surface area contributed by atoms with Gasteiger partial charge in [-0.2, -0.15) is 5.10 Å². The minimum absolute atomic E-state index is 0.142. The highest BCUT2D eigenvalue weighted by Gasteiger charge is 2.09. The van der Waals surface area contributed by atoms with Gasteiger partial charge >= 0.3 is 0 Å². The van der Waals surface area contributed by atoms with Crippen LogP contribution in [0.5, 0.6) is 0 Å². The van der Waals surface area contributed by atoms with E-state index in [1.54, 1.807) is 0 Å². The molecule has 0 aliphatic heterocycles. The molecule has 1 aromatic heterocycles. The van der Waals surface area contributed by atoms with Crippen molar-refractivity contribution in [1.82, 2.24) is 25.2 Å². The Kier molecular flexibility index (Phi) is 6.23. The molecule has 1 aromatic rings. The van der Waals surface area contributed by atoms with Crippen LogP contribution in [0.2, 0.25) is 0 Å². The monoisotopic (exact) mass is 275 g/mol. The topological polar surface area (TPSA) is 99.8 Å². The molecular weight excluding hydrogens is 254 g/mol. The van der Waals surface area contributed by atoms with E-state index >= 15 is 0 Å². The number of H-pyrrole nitrogens is 1. The van der Waals surface area contributed by atoms with Crippen LogP contribution in [0, 0.1) is 0 Å². The van der Waals surface area contributed by atoms with Crippen LogP contribution in [-0.4, -0.2) is 48.5 Å². The van der Waals surface area contributed by atoms with E-state index in [2.05, 4.69) is 25.2 Å². The molecule has 1 rings (SSSR count). The van der Waals surface area contributed by atoms with Crippen LogP contribution in [0.1, 0.15) is 26.1 Å². The summed E-state index contributed by atoms with van der Waals surface area (Å²) in [6.07, 6.45) is 2.53. The zero-order valence-corrected chi connectivity index (χ0v) is 11.6. The molecule has 0 spiro atoms. The fraction of sp³-hybridized carbons (Fsp3) is 0.800. The van der Waals surface area contributed by atoms with Crippen molar-refractivity contribution < 1.29 is 8.42 Å². The van der Waals surface area contributed by atoms with Gasteiger partial charge in [-0.25, -0.2) is 18.1 Å². The third kappa shape index (κ3) is 6.67. The number of rotatable bonds is 9. The summed E-state index contributed by atoms with van der Waals surface area (Å²) in [6, 6.07) is 0.382. The van der Waals surface area contributed by atoms with Gasteiger partial charge in [-0.05, 0) is 13.0 Å². The van der Waals surface area contributed by atoms with E-state index in [0.717, 1.165) is 0 Å². The lowest BCUT2D eigenvalue weighted by atomic mass is 10.4. The normalized spacial score (nSPS) is 12.2. The number of aromatic nitrogens is 3. The first-order valence-corrected chi connectivity index (χ1v) is 7.70. The Labute approximate surface area is 108 Å². The molecule has 1 heterocycles. The highest BCUT2D eigenvalue weighted by atomic mass is 32.2. The molecule has 0 unspecified atom stereocenters. The Morgan fingerprint density at radius 1 is 1.39 bits per heavy atom. The van der Waals surface area contributed by atoms with Crippen molar-refractivity contribution in [3.63, 3.8) is 0 Å². The van der Waals surface area contributed by atoms with Crippen LogP contribution in [0.15, 0.2) is 6.33 Å². The quantitative estimate of drug-likeness (QED) is 0.535. The molecule has 8 heteroatoms. The average Bonchev–Trinajstić information content (AvgIpc) is 2.77. The predicted octanol–water partition coefficient (Wildman–Crippen LogP) is -0.345. The van der Waals surface area contributed by atoms with Gasteiger partial charge in [-0.15, -0.1) is 0 Å². The number of nitrogens with zero attached hydrogens (tertiary/aromatic N) is 2. The van der Waals surface area contributed by atoms with Crippen LogP contribution < -0.4 is 10.0 Å². The van der Waals surface area contributed by atoms with Gasteiger partial charge < -0.3 is 5.32 Å². The maximum atomic E-state index is 11.6. The zero-order valence-electron chi connectivity index (χ0n) is 10.8. The maximum absolute atomic E-state index is 11.6. The third-order valence-corrected chi connectivity index (χ3v) is 3.76. The molecule has 0 saturated heterocycles. The first-order valence-electron chi connectivity index (χ1n) is 6.04. The molecular formula is C10H21N5O2S. The summed E-state index contributed by atoms with van der Waals surface area (Å²) in [5.41, 5.74) is 0. The highest BCUT2D eigenvalue weighted by Crippen LogP contribution is 1.92. The Morgan fingerprint density at radius 2 is 2.17 bits per heavy atom. The van der Waals surface area contributed by atoms with Gasteiger partial charge in [0.2, 0.25) is 10.0 Å². The Hall–Kier alpha value is -0.990. The summed E-state index contributed by atoms with van der Waals surface area (Å²) in [5, 5.41) is 9.56. The molecule has 0 aliphatic carbocycles. The Morgan fingerprint density at radius 3 is 2.78 bits per heavy atom. The van der Waals surface area contributed by atoms with E-state index < -0.39 is 10.0 Å². The van der Waals surface area contributed by atoms with Gasteiger partial charge in [0.15, 0.2) is 0 Å². The molecule has 0 radical (unpaired) electrons. The Balaban J connectivity index is 2.15. The molecule has 7 nitrogen and oxygen atoms in total. The molecule has 0 fully saturated rings. The van der Waals surface area contributed by atoms with Gasteiger partial charge in [0.25, 0.3) is 0 Å². The van der Waals surface area contributed by atoms with Gasteiger partial charge in [0.05, 0.1) is 5.75 Å². The summed E-state index contributed by atoms with van der Waals surface area (Å²) in [5.74, 6) is 0.822. The predicted molar refractivity (Wildman–Crippen MR) is 69.6 cm³/mol. The summed E-state index contributed by atoms with van der Waals surface area (Å²) in [4.78, 5) is 3.92. The summed E-state index contributed by atoms with van der Waals surface area (Å²) < 4.78 is 25.8. The number of nitrogens with one attached hydrogen (secondary N) is 3. The highest BCUT2D eigenvalue weighted by molar-refractivity contribution is 7.89. The number of aromatic amines is 1. The molecule has 0 atom stereocenters. The van der Waals surface area contributed by atoms with E-state index in [-0.39, 0.29) is 5.75 Å². The molecule has 3 N–H and O–H groups in total. The summed E-state index contributed by atoms with van der Waals surface area (Å²) in [7, 11) is -3.18. The van der Waals surface area contributed by atoms with Crippen molar-refractivity contribution in [3.05, 3.63) is 12.2 Å². The Bertz CT molecular complexity index is 415. The molecule has 0 aliphatic rings. The van der Waals surface area contributed by atoms with E-state index in [1.165, 1.54) is 6.33 Å². The summed E-state index contributed by atoms with van der Waals surface area (Å²) in [6.45, 7) is 5.12. The third-order valence-electron chi connectivity index (χ3n) is 2.29. The van der Waals surface area contributed by atoms with Crippen LogP contribution >= 0.6 is 0 Å². The zero-order chi connectivity index (χ0) is 13.4. The van der Waals surface area contributed by atoms with Gasteiger partial charge in [0.1, 0.15) is 12.2 Å². The minimum Gasteiger partial charge on any atom is -0.314 e. The fourth-order valence-corrected chi connectivity index (χ4v) is 2.48. The van der Waals surface area contributed by atoms with Crippen molar-refractivity contribution in [3.8, 4) is 0 Å². The summed E-state index contributed by atoms with van der Waals surface area (Å²) >= 11 is 0. The van der Waals surface area contributed by atoms with E-state index in [9.17, 15) is 8.42 Å². The van der Waals surface area contributed by atoms with Gasteiger partial charge in [-0.3, -0.25) is 5.10 Å². The van der Waals surface area contributed by atoms with Crippen molar-refractivity contribution in [2.24, 2.45) is 0 Å². The average molecular weight is 275 g/mol. The second-order valence-corrected chi connectivity index (χ2v) is 6.28. The number of sulfonamides is 1. The van der Waals surface area contributed by atoms with Crippen LogP contribution in [0.3, 0.4) is 0 Å². The second kappa shape index (κ2) is 7.45. The minimum atomic E-state index is -3.18. The van der Waals surface area contributed by atoms with Crippen molar-refractivity contribution >= 4 is 10.0 Å². The first-order chi connectivity index (χ1) is 8.49.